The Bertz CT molecular complexity index is 265. The van der Waals surface area contributed by atoms with Gasteiger partial charge in [-0.05, 0) is 18.8 Å². The molecule has 3 amide bonds. The lowest BCUT2D eigenvalue weighted by Gasteiger charge is -2.16. The van der Waals surface area contributed by atoms with Crippen molar-refractivity contribution in [2.75, 3.05) is 32.8 Å². The van der Waals surface area contributed by atoms with Crippen LogP contribution in [0.4, 0.5) is 4.79 Å². The molecule has 6 nitrogen and oxygen atoms in total. The van der Waals surface area contributed by atoms with Crippen molar-refractivity contribution >= 4 is 11.9 Å². The third kappa shape index (κ3) is 5.04. The molecule has 1 aliphatic rings. The van der Waals surface area contributed by atoms with E-state index in [4.69, 9.17) is 5.11 Å². The first-order valence-electron chi connectivity index (χ1n) is 6.04. The van der Waals surface area contributed by atoms with Crippen LogP contribution in [0.1, 0.15) is 19.8 Å². The summed E-state index contributed by atoms with van der Waals surface area (Å²) < 4.78 is 0. The summed E-state index contributed by atoms with van der Waals surface area (Å²) in [5.41, 5.74) is 0. The highest BCUT2D eigenvalue weighted by Crippen LogP contribution is 2.06. The molecule has 98 valence electrons. The lowest BCUT2D eigenvalue weighted by atomic mass is 10.2. The summed E-state index contributed by atoms with van der Waals surface area (Å²) >= 11 is 0. The fraction of sp³-hybridized carbons (Fsp3) is 0.818. The number of nitrogens with zero attached hydrogens (tertiary/aromatic N) is 1. The summed E-state index contributed by atoms with van der Waals surface area (Å²) in [5, 5.41) is 13.9. The van der Waals surface area contributed by atoms with Crippen molar-refractivity contribution in [3.63, 3.8) is 0 Å². The van der Waals surface area contributed by atoms with Gasteiger partial charge in [0.2, 0.25) is 5.91 Å². The molecule has 0 aromatic carbocycles. The number of urea groups is 1. The van der Waals surface area contributed by atoms with Gasteiger partial charge in [-0.2, -0.15) is 0 Å². The topological polar surface area (TPSA) is 81.7 Å². The van der Waals surface area contributed by atoms with Crippen LogP contribution in [0.2, 0.25) is 0 Å². The van der Waals surface area contributed by atoms with Crippen molar-refractivity contribution in [1.82, 2.24) is 15.5 Å². The Morgan fingerprint density at radius 2 is 1.94 bits per heavy atom. The van der Waals surface area contributed by atoms with Crippen LogP contribution >= 0.6 is 0 Å². The third-order valence-corrected chi connectivity index (χ3v) is 2.78. The Morgan fingerprint density at radius 1 is 1.29 bits per heavy atom. The molecule has 0 aromatic heterocycles. The highest BCUT2D eigenvalue weighted by atomic mass is 16.3. The predicted molar refractivity (Wildman–Crippen MR) is 63.5 cm³/mol. The minimum absolute atomic E-state index is 0.0232. The largest absolute Gasteiger partial charge is 0.396 e. The molecule has 17 heavy (non-hydrogen) atoms. The first-order chi connectivity index (χ1) is 8.13. The normalized spacial score (nSPS) is 16.7. The van der Waals surface area contributed by atoms with E-state index in [1.165, 1.54) is 0 Å². The van der Waals surface area contributed by atoms with E-state index in [0.717, 1.165) is 25.9 Å². The van der Waals surface area contributed by atoms with Gasteiger partial charge in [-0.1, -0.05) is 6.92 Å². The minimum Gasteiger partial charge on any atom is -0.396 e. The zero-order valence-electron chi connectivity index (χ0n) is 10.2. The van der Waals surface area contributed by atoms with Crippen molar-refractivity contribution in [2.45, 2.75) is 19.8 Å². The van der Waals surface area contributed by atoms with Crippen LogP contribution in [0.3, 0.4) is 0 Å². The van der Waals surface area contributed by atoms with Crippen LogP contribution in [-0.2, 0) is 4.79 Å². The molecular formula is C11H21N3O3. The molecule has 0 spiro atoms. The highest BCUT2D eigenvalue weighted by Gasteiger charge is 2.17. The van der Waals surface area contributed by atoms with E-state index >= 15 is 0 Å². The quantitative estimate of drug-likeness (QED) is 0.611. The first-order valence-corrected chi connectivity index (χ1v) is 6.04. The minimum atomic E-state index is -0.363. The van der Waals surface area contributed by atoms with Crippen molar-refractivity contribution in [3.8, 4) is 0 Å². The molecule has 1 unspecified atom stereocenters. The Morgan fingerprint density at radius 3 is 2.53 bits per heavy atom. The Balaban J connectivity index is 2.12. The zero-order valence-corrected chi connectivity index (χ0v) is 10.2. The SMILES string of the molecule is CC(CO)CNC(=O)NCC(=O)N1CCCC1. The van der Waals surface area contributed by atoms with Crippen LogP contribution in [0.5, 0.6) is 0 Å². The first kappa shape index (κ1) is 13.8. The average Bonchev–Trinajstić information content (AvgIpc) is 2.86. The Kier molecular flexibility index (Phi) is 5.76. The summed E-state index contributed by atoms with van der Waals surface area (Å²) in [7, 11) is 0. The molecule has 0 aromatic rings. The number of hydrogen-bond acceptors (Lipinski definition) is 3. The summed E-state index contributed by atoms with van der Waals surface area (Å²) in [6.45, 7) is 3.90. The Labute approximate surface area is 101 Å². The molecule has 0 bridgehead atoms. The van der Waals surface area contributed by atoms with Gasteiger partial charge < -0.3 is 20.6 Å². The smallest absolute Gasteiger partial charge is 0.315 e. The Hall–Kier alpha value is -1.30. The van der Waals surface area contributed by atoms with Crippen molar-refractivity contribution in [1.29, 1.82) is 0 Å². The number of likely N-dealkylation sites (tertiary alicyclic amines) is 1. The van der Waals surface area contributed by atoms with Gasteiger partial charge in [-0.15, -0.1) is 0 Å². The molecule has 1 heterocycles. The van der Waals surface area contributed by atoms with Crippen molar-refractivity contribution in [2.24, 2.45) is 5.92 Å². The summed E-state index contributed by atoms with van der Waals surface area (Å²) in [5.74, 6) is -0.0112. The fourth-order valence-corrected chi connectivity index (χ4v) is 1.63. The molecule has 1 rings (SSSR count). The number of aliphatic hydroxyl groups is 1. The van der Waals surface area contributed by atoms with Crippen LogP contribution < -0.4 is 10.6 Å². The lowest BCUT2D eigenvalue weighted by Crippen LogP contribution is -2.44. The van der Waals surface area contributed by atoms with Crippen molar-refractivity contribution < 1.29 is 14.7 Å². The summed E-state index contributed by atoms with van der Waals surface area (Å²) in [6.07, 6.45) is 2.10. The van der Waals surface area contributed by atoms with E-state index in [-0.39, 0.29) is 31.0 Å². The maximum atomic E-state index is 11.6. The highest BCUT2D eigenvalue weighted by molar-refractivity contribution is 5.84. The second kappa shape index (κ2) is 7.11. The van der Waals surface area contributed by atoms with E-state index < -0.39 is 0 Å². The summed E-state index contributed by atoms with van der Waals surface area (Å²) in [6, 6.07) is -0.363. The van der Waals surface area contributed by atoms with E-state index in [1.807, 2.05) is 6.92 Å². The standard InChI is InChI=1S/C11H21N3O3/c1-9(8-15)6-12-11(17)13-7-10(16)14-4-2-3-5-14/h9,15H,2-8H2,1H3,(H2,12,13,17). The van der Waals surface area contributed by atoms with Gasteiger partial charge in [0, 0.05) is 26.2 Å². The van der Waals surface area contributed by atoms with Gasteiger partial charge >= 0.3 is 6.03 Å². The maximum Gasteiger partial charge on any atom is 0.315 e. The zero-order chi connectivity index (χ0) is 12.7. The van der Waals surface area contributed by atoms with Gasteiger partial charge in [-0.25, -0.2) is 4.79 Å². The predicted octanol–water partition coefficient (Wildman–Crippen LogP) is -0.464. The van der Waals surface area contributed by atoms with Crippen LogP contribution in [-0.4, -0.2) is 54.7 Å². The second-order valence-corrected chi connectivity index (χ2v) is 4.44. The van der Waals surface area contributed by atoms with E-state index in [2.05, 4.69) is 10.6 Å². The van der Waals surface area contributed by atoms with Gasteiger partial charge in [0.15, 0.2) is 0 Å². The fourth-order valence-electron chi connectivity index (χ4n) is 1.63. The molecule has 1 atom stereocenters. The van der Waals surface area contributed by atoms with Gasteiger partial charge in [0.1, 0.15) is 0 Å². The molecule has 0 aliphatic carbocycles. The number of rotatable bonds is 5. The summed E-state index contributed by atoms with van der Waals surface area (Å²) in [4.78, 5) is 24.7. The molecule has 3 N–H and O–H groups in total. The second-order valence-electron chi connectivity index (χ2n) is 4.44. The van der Waals surface area contributed by atoms with Crippen LogP contribution in [0.15, 0.2) is 0 Å². The van der Waals surface area contributed by atoms with Crippen LogP contribution in [0.25, 0.3) is 0 Å². The van der Waals surface area contributed by atoms with Gasteiger partial charge in [0.25, 0.3) is 0 Å². The average molecular weight is 243 g/mol. The monoisotopic (exact) mass is 243 g/mol. The number of carbonyl (C=O) groups is 2. The van der Waals surface area contributed by atoms with E-state index in [1.54, 1.807) is 4.90 Å². The number of hydrogen-bond donors (Lipinski definition) is 3. The molecule has 1 fully saturated rings. The van der Waals surface area contributed by atoms with E-state index in [0.29, 0.717) is 6.54 Å². The molecule has 1 saturated heterocycles. The molecule has 0 saturated carbocycles. The number of nitrogens with one attached hydrogen (secondary N) is 2. The number of aliphatic hydroxyl groups excluding tert-OH is 1. The number of amides is 3. The van der Waals surface area contributed by atoms with Crippen molar-refractivity contribution in [3.05, 3.63) is 0 Å². The molecular weight excluding hydrogens is 222 g/mol. The number of carbonyl (C=O) groups excluding carboxylic acids is 2. The third-order valence-electron chi connectivity index (χ3n) is 2.78. The molecule has 0 radical (unpaired) electrons. The van der Waals surface area contributed by atoms with Crippen LogP contribution in [0, 0.1) is 5.92 Å². The van der Waals surface area contributed by atoms with Gasteiger partial charge in [-0.3, -0.25) is 4.79 Å². The lowest BCUT2D eigenvalue weighted by molar-refractivity contribution is -0.128. The van der Waals surface area contributed by atoms with Gasteiger partial charge in [0.05, 0.1) is 6.54 Å². The maximum absolute atomic E-state index is 11.6. The molecule has 1 aliphatic heterocycles. The van der Waals surface area contributed by atoms with E-state index in [9.17, 15) is 9.59 Å². The molecule has 6 heteroatoms.